The lowest BCUT2D eigenvalue weighted by Crippen LogP contribution is -2.19. The zero-order valence-corrected chi connectivity index (χ0v) is 11.0. The molecule has 0 radical (unpaired) electrons. The minimum absolute atomic E-state index is 0.0193. The van der Waals surface area contributed by atoms with Crippen molar-refractivity contribution in [3.63, 3.8) is 0 Å². The SMILES string of the molecule is O=C(O)C(COc1ccccc1Br)c1ccco1. The van der Waals surface area contributed by atoms with E-state index in [1.165, 1.54) is 6.26 Å². The molecule has 2 aromatic rings. The summed E-state index contributed by atoms with van der Waals surface area (Å²) in [5, 5.41) is 9.14. The van der Waals surface area contributed by atoms with E-state index in [-0.39, 0.29) is 6.61 Å². The smallest absolute Gasteiger partial charge is 0.317 e. The van der Waals surface area contributed by atoms with Crippen molar-refractivity contribution in [2.24, 2.45) is 0 Å². The summed E-state index contributed by atoms with van der Waals surface area (Å²) in [7, 11) is 0. The maximum Gasteiger partial charge on any atom is 0.317 e. The first-order valence-corrected chi connectivity index (χ1v) is 6.11. The van der Waals surface area contributed by atoms with Gasteiger partial charge in [0.1, 0.15) is 24.0 Å². The fourth-order valence-electron chi connectivity index (χ4n) is 1.50. The number of hydrogen-bond donors (Lipinski definition) is 1. The molecule has 94 valence electrons. The molecule has 0 aliphatic rings. The lowest BCUT2D eigenvalue weighted by Gasteiger charge is -2.12. The predicted octanol–water partition coefficient (Wildman–Crippen LogP) is 3.29. The van der Waals surface area contributed by atoms with Gasteiger partial charge in [0.15, 0.2) is 0 Å². The van der Waals surface area contributed by atoms with Crippen LogP contribution in [0.2, 0.25) is 0 Å². The third-order valence-electron chi connectivity index (χ3n) is 2.43. The Balaban J connectivity index is 2.08. The molecule has 18 heavy (non-hydrogen) atoms. The van der Waals surface area contributed by atoms with Crippen LogP contribution in [0.3, 0.4) is 0 Å². The van der Waals surface area contributed by atoms with Crippen LogP contribution in [0.5, 0.6) is 5.75 Å². The van der Waals surface area contributed by atoms with Crippen molar-refractivity contribution in [3.05, 3.63) is 52.9 Å². The normalized spacial score (nSPS) is 12.1. The average Bonchev–Trinajstić information content (AvgIpc) is 2.85. The number of hydrogen-bond acceptors (Lipinski definition) is 3. The molecular formula is C13H11BrO4. The lowest BCUT2D eigenvalue weighted by molar-refractivity contribution is -0.140. The van der Waals surface area contributed by atoms with Crippen molar-refractivity contribution in [2.45, 2.75) is 5.92 Å². The van der Waals surface area contributed by atoms with Crippen LogP contribution >= 0.6 is 15.9 Å². The van der Waals surface area contributed by atoms with E-state index in [1.807, 2.05) is 18.2 Å². The number of carbonyl (C=O) groups is 1. The number of carboxylic acids is 1. The second kappa shape index (κ2) is 5.73. The Hall–Kier alpha value is -1.75. The highest BCUT2D eigenvalue weighted by atomic mass is 79.9. The van der Waals surface area contributed by atoms with Gasteiger partial charge in [-0.1, -0.05) is 12.1 Å². The molecule has 0 aliphatic heterocycles. The van der Waals surface area contributed by atoms with Crippen LogP contribution < -0.4 is 4.74 Å². The Morgan fingerprint density at radius 2 is 2.11 bits per heavy atom. The first kappa shape index (κ1) is 12.7. The van der Waals surface area contributed by atoms with Crippen molar-refractivity contribution in [1.29, 1.82) is 0 Å². The summed E-state index contributed by atoms with van der Waals surface area (Å²) >= 11 is 3.34. The number of furan rings is 1. The first-order valence-electron chi connectivity index (χ1n) is 5.32. The lowest BCUT2D eigenvalue weighted by atomic mass is 10.1. The van der Waals surface area contributed by atoms with Gasteiger partial charge in [-0.15, -0.1) is 0 Å². The van der Waals surface area contributed by atoms with Gasteiger partial charge in [0.25, 0.3) is 0 Å². The van der Waals surface area contributed by atoms with Crippen LogP contribution in [0.4, 0.5) is 0 Å². The Morgan fingerprint density at radius 3 is 2.72 bits per heavy atom. The maximum absolute atomic E-state index is 11.2. The van der Waals surface area contributed by atoms with Gasteiger partial charge >= 0.3 is 5.97 Å². The van der Waals surface area contributed by atoms with E-state index in [0.717, 1.165) is 4.47 Å². The molecule has 1 aromatic heterocycles. The van der Waals surface area contributed by atoms with Crippen LogP contribution in [0.1, 0.15) is 11.7 Å². The number of para-hydroxylation sites is 1. The minimum atomic E-state index is -0.975. The largest absolute Gasteiger partial charge is 0.491 e. The Kier molecular flexibility index (Phi) is 4.04. The molecule has 0 saturated heterocycles. The van der Waals surface area contributed by atoms with Crippen LogP contribution in [0, 0.1) is 0 Å². The molecule has 1 unspecified atom stereocenters. The maximum atomic E-state index is 11.2. The summed E-state index contributed by atoms with van der Waals surface area (Å²) < 4.78 is 11.4. The van der Waals surface area contributed by atoms with Gasteiger partial charge in [0.2, 0.25) is 0 Å². The van der Waals surface area contributed by atoms with Crippen LogP contribution in [0.25, 0.3) is 0 Å². The fourth-order valence-corrected chi connectivity index (χ4v) is 1.90. The number of rotatable bonds is 5. The van der Waals surface area contributed by atoms with Gasteiger partial charge in [-0.3, -0.25) is 4.79 Å². The molecule has 0 amide bonds. The summed E-state index contributed by atoms with van der Waals surface area (Å²) in [6.07, 6.45) is 1.45. The summed E-state index contributed by atoms with van der Waals surface area (Å²) in [5.74, 6) is -0.797. The van der Waals surface area contributed by atoms with Gasteiger partial charge in [0, 0.05) is 0 Å². The zero-order valence-electron chi connectivity index (χ0n) is 9.38. The highest BCUT2D eigenvalue weighted by Gasteiger charge is 2.23. The monoisotopic (exact) mass is 310 g/mol. The van der Waals surface area contributed by atoms with E-state index >= 15 is 0 Å². The van der Waals surface area contributed by atoms with Gasteiger partial charge in [-0.25, -0.2) is 0 Å². The number of carboxylic acid groups (broad SMARTS) is 1. The van der Waals surface area contributed by atoms with Crippen LogP contribution in [-0.4, -0.2) is 17.7 Å². The summed E-state index contributed by atoms with van der Waals surface area (Å²) in [6, 6.07) is 10.6. The molecule has 0 bridgehead atoms. The van der Waals surface area contributed by atoms with Crippen molar-refractivity contribution in [1.82, 2.24) is 0 Å². The van der Waals surface area contributed by atoms with Crippen molar-refractivity contribution in [2.75, 3.05) is 6.61 Å². The van der Waals surface area contributed by atoms with E-state index in [0.29, 0.717) is 11.5 Å². The second-order valence-corrected chi connectivity index (χ2v) is 4.50. The van der Waals surface area contributed by atoms with Crippen molar-refractivity contribution in [3.8, 4) is 5.75 Å². The number of aliphatic carboxylic acids is 1. The standard InChI is InChI=1S/C13H11BrO4/c14-10-4-1-2-5-12(10)18-8-9(13(15)16)11-6-3-7-17-11/h1-7,9H,8H2,(H,15,16). The molecule has 0 spiro atoms. The Labute approximate surface area is 112 Å². The Morgan fingerprint density at radius 1 is 1.33 bits per heavy atom. The summed E-state index contributed by atoms with van der Waals surface area (Å²) in [6.45, 7) is 0.0193. The van der Waals surface area contributed by atoms with Crippen molar-refractivity contribution < 1.29 is 19.1 Å². The van der Waals surface area contributed by atoms with Gasteiger partial charge < -0.3 is 14.3 Å². The van der Waals surface area contributed by atoms with E-state index in [4.69, 9.17) is 14.3 Å². The molecule has 1 atom stereocenters. The topological polar surface area (TPSA) is 59.7 Å². The quantitative estimate of drug-likeness (QED) is 0.920. The number of halogens is 1. The highest BCUT2D eigenvalue weighted by molar-refractivity contribution is 9.10. The van der Waals surface area contributed by atoms with Gasteiger partial charge in [-0.05, 0) is 40.2 Å². The number of benzene rings is 1. The number of ether oxygens (including phenoxy) is 1. The molecule has 0 saturated carbocycles. The highest BCUT2D eigenvalue weighted by Crippen LogP contribution is 2.26. The van der Waals surface area contributed by atoms with E-state index in [1.54, 1.807) is 18.2 Å². The van der Waals surface area contributed by atoms with E-state index in [9.17, 15) is 4.79 Å². The molecule has 0 fully saturated rings. The van der Waals surface area contributed by atoms with Crippen LogP contribution in [-0.2, 0) is 4.79 Å². The third-order valence-corrected chi connectivity index (χ3v) is 3.08. The van der Waals surface area contributed by atoms with E-state index < -0.39 is 11.9 Å². The molecule has 5 heteroatoms. The summed E-state index contributed by atoms with van der Waals surface area (Å²) in [5.41, 5.74) is 0. The molecule has 1 N–H and O–H groups in total. The van der Waals surface area contributed by atoms with Gasteiger partial charge in [0.05, 0.1) is 10.7 Å². The second-order valence-electron chi connectivity index (χ2n) is 3.65. The third kappa shape index (κ3) is 2.92. The molecule has 4 nitrogen and oxygen atoms in total. The van der Waals surface area contributed by atoms with Gasteiger partial charge in [-0.2, -0.15) is 0 Å². The average molecular weight is 311 g/mol. The molecule has 0 aliphatic carbocycles. The fraction of sp³-hybridized carbons (Fsp3) is 0.154. The predicted molar refractivity (Wildman–Crippen MR) is 68.7 cm³/mol. The minimum Gasteiger partial charge on any atom is -0.491 e. The molecule has 1 heterocycles. The molecule has 2 rings (SSSR count). The summed E-state index contributed by atoms with van der Waals surface area (Å²) in [4.78, 5) is 11.2. The van der Waals surface area contributed by atoms with Crippen LogP contribution in [0.15, 0.2) is 51.6 Å². The Bertz CT molecular complexity index is 522. The molecule has 1 aromatic carbocycles. The molecular weight excluding hydrogens is 300 g/mol. The van der Waals surface area contributed by atoms with Crippen molar-refractivity contribution >= 4 is 21.9 Å². The zero-order chi connectivity index (χ0) is 13.0. The van der Waals surface area contributed by atoms with E-state index in [2.05, 4.69) is 15.9 Å². The first-order chi connectivity index (χ1) is 8.68.